The van der Waals surface area contributed by atoms with Gasteiger partial charge in [-0.3, -0.25) is 9.59 Å². The molecule has 0 amide bonds. The number of aromatic hydroxyl groups is 2. The van der Waals surface area contributed by atoms with Crippen LogP contribution in [0, 0.1) is 0 Å². The fraction of sp³-hybridized carbons (Fsp3) is 0.385. The van der Waals surface area contributed by atoms with Crippen molar-refractivity contribution >= 4 is 11.9 Å². The molecule has 0 bridgehead atoms. The van der Waals surface area contributed by atoms with Crippen LogP contribution in [0.1, 0.15) is 32.1 Å². The third-order valence-corrected chi connectivity index (χ3v) is 2.11. The fourth-order valence-electron chi connectivity index (χ4n) is 1.22. The number of hydrogen-bond acceptors (Lipinski definition) is 4. The van der Waals surface area contributed by atoms with Gasteiger partial charge in [0, 0.05) is 18.9 Å². The first-order chi connectivity index (χ1) is 8.91. The second-order valence-electron chi connectivity index (χ2n) is 3.87. The molecule has 0 radical (unpaired) electrons. The highest BCUT2D eigenvalue weighted by molar-refractivity contribution is 5.67. The summed E-state index contributed by atoms with van der Waals surface area (Å²) in [7, 11) is 0. The molecule has 0 aliphatic heterocycles. The molecule has 1 rings (SSSR count). The Kier molecular flexibility index (Phi) is 8.61. The first-order valence-corrected chi connectivity index (χ1v) is 5.83. The van der Waals surface area contributed by atoms with Crippen molar-refractivity contribution < 1.29 is 30.0 Å². The van der Waals surface area contributed by atoms with Crippen LogP contribution < -0.4 is 0 Å². The van der Waals surface area contributed by atoms with Crippen LogP contribution in [0.25, 0.3) is 0 Å². The average Bonchev–Trinajstić information content (AvgIpc) is 2.28. The van der Waals surface area contributed by atoms with Crippen molar-refractivity contribution in [1.82, 2.24) is 0 Å². The van der Waals surface area contributed by atoms with Crippen LogP contribution >= 0.6 is 0 Å². The number of rotatable bonds is 6. The van der Waals surface area contributed by atoms with Crippen LogP contribution in [0.15, 0.2) is 24.3 Å². The van der Waals surface area contributed by atoms with Gasteiger partial charge in [-0.25, -0.2) is 0 Å². The Morgan fingerprint density at radius 3 is 1.53 bits per heavy atom. The van der Waals surface area contributed by atoms with E-state index >= 15 is 0 Å². The molecule has 1 aromatic rings. The van der Waals surface area contributed by atoms with Gasteiger partial charge < -0.3 is 20.4 Å². The van der Waals surface area contributed by atoms with E-state index in [2.05, 4.69) is 0 Å². The molecule has 0 unspecified atom stereocenters. The van der Waals surface area contributed by atoms with Crippen molar-refractivity contribution in [2.24, 2.45) is 0 Å². The van der Waals surface area contributed by atoms with Gasteiger partial charge in [-0.05, 0) is 25.0 Å². The molecule has 19 heavy (non-hydrogen) atoms. The molecule has 4 N–H and O–H groups in total. The van der Waals surface area contributed by atoms with E-state index < -0.39 is 11.9 Å². The lowest BCUT2D eigenvalue weighted by Gasteiger charge is -1.94. The largest absolute Gasteiger partial charge is 0.508 e. The maximum Gasteiger partial charge on any atom is 0.303 e. The van der Waals surface area contributed by atoms with E-state index in [0.717, 1.165) is 0 Å². The lowest BCUT2D eigenvalue weighted by atomic mass is 10.1. The Balaban J connectivity index is 0.000000356. The number of carboxylic acid groups (broad SMARTS) is 2. The van der Waals surface area contributed by atoms with Crippen molar-refractivity contribution in [2.45, 2.75) is 32.1 Å². The quantitative estimate of drug-likeness (QED) is 0.589. The van der Waals surface area contributed by atoms with Gasteiger partial charge in [0.1, 0.15) is 11.5 Å². The lowest BCUT2D eigenvalue weighted by Crippen LogP contribution is -1.96. The van der Waals surface area contributed by atoms with Crippen LogP contribution in [0.4, 0.5) is 0 Å². The molecule has 0 spiro atoms. The molecule has 0 aliphatic rings. The van der Waals surface area contributed by atoms with E-state index in [-0.39, 0.29) is 24.3 Å². The van der Waals surface area contributed by atoms with Crippen molar-refractivity contribution in [1.29, 1.82) is 0 Å². The van der Waals surface area contributed by atoms with Gasteiger partial charge in [-0.2, -0.15) is 0 Å². The predicted octanol–water partition coefficient (Wildman–Crippen LogP) is 2.20. The van der Waals surface area contributed by atoms with Crippen LogP contribution in [-0.2, 0) is 9.59 Å². The number of phenols is 2. The molecule has 0 atom stereocenters. The van der Waals surface area contributed by atoms with Gasteiger partial charge in [0.25, 0.3) is 0 Å². The van der Waals surface area contributed by atoms with E-state index in [0.29, 0.717) is 19.3 Å². The predicted molar refractivity (Wildman–Crippen MR) is 68.1 cm³/mol. The molecule has 0 saturated heterocycles. The highest BCUT2D eigenvalue weighted by Crippen LogP contribution is 2.14. The van der Waals surface area contributed by atoms with Crippen LogP contribution in [-0.4, -0.2) is 32.4 Å². The summed E-state index contributed by atoms with van der Waals surface area (Å²) in [5, 5.41) is 33.7. The molecular formula is C13H18O6. The smallest absolute Gasteiger partial charge is 0.303 e. The second kappa shape index (κ2) is 9.76. The van der Waals surface area contributed by atoms with Gasteiger partial charge in [0.15, 0.2) is 0 Å². The number of hydrogen-bond donors (Lipinski definition) is 4. The zero-order valence-electron chi connectivity index (χ0n) is 10.5. The Morgan fingerprint density at radius 1 is 0.842 bits per heavy atom. The molecular weight excluding hydrogens is 252 g/mol. The molecule has 0 aliphatic carbocycles. The maximum absolute atomic E-state index is 9.98. The summed E-state index contributed by atoms with van der Waals surface area (Å²) in [5.74, 6) is -1.46. The highest BCUT2D eigenvalue weighted by atomic mass is 16.4. The molecule has 6 nitrogen and oxygen atoms in total. The SMILES string of the molecule is O=C(O)CCCCCC(=O)O.Oc1cccc(O)c1. The molecule has 0 saturated carbocycles. The first kappa shape index (κ1) is 16.8. The minimum atomic E-state index is -0.819. The van der Waals surface area contributed by atoms with E-state index in [1.807, 2.05) is 0 Å². The second-order valence-corrected chi connectivity index (χ2v) is 3.87. The minimum Gasteiger partial charge on any atom is -0.508 e. The molecule has 0 heterocycles. The number of phenolic OH excluding ortho intramolecular Hbond substituents is 2. The molecule has 106 valence electrons. The Bertz CT molecular complexity index is 369. The van der Waals surface area contributed by atoms with E-state index in [1.54, 1.807) is 6.07 Å². The Morgan fingerprint density at radius 2 is 1.26 bits per heavy atom. The van der Waals surface area contributed by atoms with E-state index in [4.69, 9.17) is 20.4 Å². The van der Waals surface area contributed by atoms with Gasteiger partial charge in [-0.1, -0.05) is 12.5 Å². The summed E-state index contributed by atoms with van der Waals surface area (Å²) in [5.41, 5.74) is 0. The normalized spacial score (nSPS) is 9.26. The van der Waals surface area contributed by atoms with E-state index in [1.165, 1.54) is 18.2 Å². The molecule has 0 fully saturated rings. The topological polar surface area (TPSA) is 115 Å². The van der Waals surface area contributed by atoms with Gasteiger partial charge in [-0.15, -0.1) is 0 Å². The number of aliphatic carboxylic acids is 2. The third kappa shape index (κ3) is 12.0. The molecule has 1 aromatic carbocycles. The van der Waals surface area contributed by atoms with Crippen molar-refractivity contribution in [3.63, 3.8) is 0 Å². The summed E-state index contributed by atoms with van der Waals surface area (Å²) in [6.45, 7) is 0. The standard InChI is InChI=1S/C7H12O4.C6H6O2/c8-6(9)4-2-1-3-5-7(10)11;7-5-2-1-3-6(8)4-5/h1-5H2,(H,8,9)(H,10,11);1-4,7-8H. The van der Waals surface area contributed by atoms with E-state index in [9.17, 15) is 9.59 Å². The first-order valence-electron chi connectivity index (χ1n) is 5.83. The Labute approximate surface area is 110 Å². The summed E-state index contributed by atoms with van der Waals surface area (Å²) >= 11 is 0. The summed E-state index contributed by atoms with van der Waals surface area (Å²) in [6, 6.07) is 5.85. The zero-order chi connectivity index (χ0) is 14.7. The molecule has 0 aromatic heterocycles. The summed E-state index contributed by atoms with van der Waals surface area (Å²) in [6.07, 6.45) is 2.10. The van der Waals surface area contributed by atoms with Gasteiger partial charge in [0.2, 0.25) is 0 Å². The van der Waals surface area contributed by atoms with Crippen molar-refractivity contribution in [3.8, 4) is 11.5 Å². The Hall–Kier alpha value is -2.24. The average molecular weight is 270 g/mol. The fourth-order valence-corrected chi connectivity index (χ4v) is 1.22. The third-order valence-electron chi connectivity index (χ3n) is 2.11. The van der Waals surface area contributed by atoms with Gasteiger partial charge >= 0.3 is 11.9 Å². The zero-order valence-corrected chi connectivity index (χ0v) is 10.5. The van der Waals surface area contributed by atoms with Gasteiger partial charge in [0.05, 0.1) is 0 Å². The minimum absolute atomic E-state index is 0.0880. The van der Waals surface area contributed by atoms with Crippen LogP contribution in [0.2, 0.25) is 0 Å². The summed E-state index contributed by atoms with van der Waals surface area (Å²) in [4.78, 5) is 20.0. The number of carboxylic acids is 2. The lowest BCUT2D eigenvalue weighted by molar-refractivity contribution is -0.137. The van der Waals surface area contributed by atoms with Crippen LogP contribution in [0.5, 0.6) is 11.5 Å². The van der Waals surface area contributed by atoms with Crippen molar-refractivity contribution in [2.75, 3.05) is 0 Å². The molecule has 6 heteroatoms. The highest BCUT2D eigenvalue weighted by Gasteiger charge is 1.98. The van der Waals surface area contributed by atoms with Crippen LogP contribution in [0.3, 0.4) is 0 Å². The number of unbranched alkanes of at least 4 members (excludes halogenated alkanes) is 2. The van der Waals surface area contributed by atoms with Crippen molar-refractivity contribution in [3.05, 3.63) is 24.3 Å². The number of benzene rings is 1. The number of carbonyl (C=O) groups is 2. The maximum atomic E-state index is 9.98. The summed E-state index contributed by atoms with van der Waals surface area (Å²) < 4.78 is 0. The monoisotopic (exact) mass is 270 g/mol.